The zero-order valence-electron chi connectivity index (χ0n) is 32.4. The van der Waals surface area contributed by atoms with E-state index in [9.17, 15) is 9.59 Å². The SMILES string of the molecule is CC(C)[C@@H]1CC[C@]2(C(=O)OCCOCCOCCNC(=O)OC(C)(C)C)CC[C@]3(C)C(CC[C@@H]4[C@@]5(C)CCCC(C)(C)[C@@H]5CC[C@]43C)[C@H]12. The van der Waals surface area contributed by atoms with Crippen LogP contribution in [0.1, 0.15) is 140 Å². The highest BCUT2D eigenvalue weighted by atomic mass is 16.6. The van der Waals surface area contributed by atoms with Crippen molar-refractivity contribution in [2.45, 2.75) is 145 Å². The van der Waals surface area contributed by atoms with E-state index in [2.05, 4.69) is 53.8 Å². The highest BCUT2D eigenvalue weighted by Crippen LogP contribution is 2.77. The van der Waals surface area contributed by atoms with Crippen LogP contribution in [-0.4, -0.2) is 57.2 Å². The number of alkyl carbamates (subject to hydrolysis) is 1. The zero-order chi connectivity index (χ0) is 35.2. The Morgan fingerprint density at radius 1 is 0.750 bits per heavy atom. The lowest BCUT2D eigenvalue weighted by Gasteiger charge is -2.72. The molecule has 5 aliphatic rings. The molecule has 5 fully saturated rings. The van der Waals surface area contributed by atoms with E-state index in [0.717, 1.165) is 37.5 Å². The van der Waals surface area contributed by atoms with Gasteiger partial charge in [0.1, 0.15) is 12.2 Å². The molecule has 0 aromatic heterocycles. The summed E-state index contributed by atoms with van der Waals surface area (Å²) >= 11 is 0. The molecule has 1 N–H and O–H groups in total. The maximum Gasteiger partial charge on any atom is 0.407 e. The van der Waals surface area contributed by atoms with Crippen LogP contribution < -0.4 is 5.32 Å². The van der Waals surface area contributed by atoms with Crippen LogP contribution in [0.4, 0.5) is 4.79 Å². The number of rotatable bonds is 11. The summed E-state index contributed by atoms with van der Waals surface area (Å²) < 4.78 is 22.7. The lowest BCUT2D eigenvalue weighted by molar-refractivity contribution is -0.240. The fraction of sp³-hybridized carbons (Fsp3) is 0.951. The van der Waals surface area contributed by atoms with E-state index in [4.69, 9.17) is 18.9 Å². The van der Waals surface area contributed by atoms with Gasteiger partial charge in [0.05, 0.1) is 31.8 Å². The molecule has 0 radical (unpaired) electrons. The second-order valence-electron chi connectivity index (χ2n) is 19.4. The van der Waals surface area contributed by atoms with Gasteiger partial charge in [0.25, 0.3) is 0 Å². The Labute approximate surface area is 293 Å². The summed E-state index contributed by atoms with van der Waals surface area (Å²) in [5.41, 5.74) is 0.616. The largest absolute Gasteiger partial charge is 0.463 e. The number of esters is 1. The van der Waals surface area contributed by atoms with Gasteiger partial charge < -0.3 is 24.3 Å². The first kappa shape index (κ1) is 37.9. The first-order valence-electron chi connectivity index (χ1n) is 19.7. The molecule has 0 saturated heterocycles. The fourth-order valence-electron chi connectivity index (χ4n) is 13.0. The Morgan fingerprint density at radius 2 is 1.44 bits per heavy atom. The minimum Gasteiger partial charge on any atom is -0.463 e. The first-order chi connectivity index (χ1) is 22.4. The third-order valence-corrected chi connectivity index (χ3v) is 15.2. The smallest absolute Gasteiger partial charge is 0.407 e. The van der Waals surface area contributed by atoms with Gasteiger partial charge in [0.15, 0.2) is 0 Å². The Hall–Kier alpha value is -1.34. The van der Waals surface area contributed by atoms with Crippen molar-refractivity contribution in [2.75, 3.05) is 39.6 Å². The second kappa shape index (κ2) is 14.0. The predicted molar refractivity (Wildman–Crippen MR) is 190 cm³/mol. The van der Waals surface area contributed by atoms with Crippen LogP contribution in [0.5, 0.6) is 0 Å². The third-order valence-electron chi connectivity index (χ3n) is 15.2. The molecule has 0 aromatic carbocycles. The first-order valence-corrected chi connectivity index (χ1v) is 19.7. The normalized spacial score (nSPS) is 40.3. The molecular formula is C41H71NO6. The molecule has 5 rings (SSSR count). The number of fused-ring (bicyclic) bond motifs is 7. The average Bonchev–Trinajstić information content (AvgIpc) is 3.38. The quantitative estimate of drug-likeness (QED) is 0.174. The maximum absolute atomic E-state index is 14.2. The highest BCUT2D eigenvalue weighted by molar-refractivity contribution is 5.78. The molecule has 7 nitrogen and oxygen atoms in total. The van der Waals surface area contributed by atoms with Crippen LogP contribution in [0.15, 0.2) is 0 Å². The number of carbonyl (C=O) groups excluding carboxylic acids is 2. The van der Waals surface area contributed by atoms with E-state index in [0.29, 0.717) is 72.9 Å². The summed E-state index contributed by atoms with van der Waals surface area (Å²) in [6.45, 7) is 25.8. The Kier molecular flexibility index (Phi) is 11.1. The zero-order valence-corrected chi connectivity index (χ0v) is 32.4. The van der Waals surface area contributed by atoms with E-state index < -0.39 is 11.7 Å². The van der Waals surface area contributed by atoms with Crippen molar-refractivity contribution in [3.63, 3.8) is 0 Å². The number of nitrogens with one attached hydrogen (secondary N) is 1. The van der Waals surface area contributed by atoms with Crippen LogP contribution >= 0.6 is 0 Å². The van der Waals surface area contributed by atoms with Crippen molar-refractivity contribution < 1.29 is 28.5 Å². The molecule has 5 saturated carbocycles. The molecule has 48 heavy (non-hydrogen) atoms. The van der Waals surface area contributed by atoms with Crippen LogP contribution in [0.25, 0.3) is 0 Å². The van der Waals surface area contributed by atoms with E-state index >= 15 is 0 Å². The van der Waals surface area contributed by atoms with Gasteiger partial charge in [0, 0.05) is 6.54 Å². The molecule has 7 heteroatoms. The fourth-order valence-corrected chi connectivity index (χ4v) is 13.0. The summed E-state index contributed by atoms with van der Waals surface area (Å²) in [4.78, 5) is 26.0. The molecule has 0 heterocycles. The molecule has 1 unspecified atom stereocenters. The monoisotopic (exact) mass is 674 g/mol. The van der Waals surface area contributed by atoms with Crippen molar-refractivity contribution in [3.8, 4) is 0 Å². The molecule has 9 atom stereocenters. The van der Waals surface area contributed by atoms with Crippen molar-refractivity contribution in [1.29, 1.82) is 0 Å². The Bertz CT molecular complexity index is 1150. The molecule has 1 amide bonds. The number of amides is 1. The highest BCUT2D eigenvalue weighted by Gasteiger charge is 2.71. The summed E-state index contributed by atoms with van der Waals surface area (Å²) in [7, 11) is 0. The molecule has 0 spiro atoms. The van der Waals surface area contributed by atoms with E-state index in [1.807, 2.05) is 20.8 Å². The van der Waals surface area contributed by atoms with Gasteiger partial charge in [-0.15, -0.1) is 0 Å². The molecule has 0 bridgehead atoms. The summed E-state index contributed by atoms with van der Waals surface area (Å²) in [5, 5.41) is 2.69. The van der Waals surface area contributed by atoms with Crippen molar-refractivity contribution >= 4 is 12.1 Å². The van der Waals surface area contributed by atoms with Gasteiger partial charge in [-0.1, -0.05) is 54.9 Å². The Morgan fingerprint density at radius 3 is 2.12 bits per heavy atom. The van der Waals surface area contributed by atoms with Gasteiger partial charge in [-0.05, 0) is 142 Å². The number of ether oxygens (including phenoxy) is 4. The number of hydrogen-bond acceptors (Lipinski definition) is 6. The summed E-state index contributed by atoms with van der Waals surface area (Å²) in [6.07, 6.45) is 13.3. The molecule has 276 valence electrons. The third kappa shape index (κ3) is 6.83. The standard InChI is InChI=1S/C41H71NO6/c1-28(2)29-14-19-41(34(43)47-27-26-46-25-24-45-23-22-42-35(44)48-36(3,4)5)21-20-39(9)30(33(29)41)12-13-32-38(8)17-11-16-37(6,7)31(38)15-18-40(32,39)10/h28-33H,11-27H2,1-10H3,(H,42,44)/t29-,30?,31-,32+,33-,38-,39+,40+,41-/m0/s1. The van der Waals surface area contributed by atoms with Crippen LogP contribution in [0.2, 0.25) is 0 Å². The van der Waals surface area contributed by atoms with Crippen LogP contribution in [0.3, 0.4) is 0 Å². The summed E-state index contributed by atoms with van der Waals surface area (Å²) in [6, 6.07) is 0. The molecule has 0 aromatic rings. The minimum atomic E-state index is -0.518. The maximum atomic E-state index is 14.2. The number of hydrogen-bond donors (Lipinski definition) is 1. The molecular weight excluding hydrogens is 602 g/mol. The summed E-state index contributed by atoms with van der Waals surface area (Å²) in [5.74, 6) is 3.82. The van der Waals surface area contributed by atoms with Crippen LogP contribution in [0, 0.1) is 62.6 Å². The van der Waals surface area contributed by atoms with E-state index in [-0.39, 0.29) is 23.4 Å². The average molecular weight is 674 g/mol. The second-order valence-corrected chi connectivity index (χ2v) is 19.4. The Balaban J connectivity index is 1.17. The van der Waals surface area contributed by atoms with Gasteiger partial charge in [-0.2, -0.15) is 0 Å². The van der Waals surface area contributed by atoms with Gasteiger partial charge in [-0.3, -0.25) is 4.79 Å². The van der Waals surface area contributed by atoms with Gasteiger partial charge in [0.2, 0.25) is 0 Å². The molecule has 5 aliphatic carbocycles. The van der Waals surface area contributed by atoms with E-state index in [1.165, 1.54) is 44.9 Å². The lowest BCUT2D eigenvalue weighted by Crippen LogP contribution is -2.66. The van der Waals surface area contributed by atoms with Crippen molar-refractivity contribution in [1.82, 2.24) is 5.32 Å². The lowest BCUT2D eigenvalue weighted by atomic mass is 9.32. The van der Waals surface area contributed by atoms with Crippen LogP contribution in [-0.2, 0) is 23.7 Å². The van der Waals surface area contributed by atoms with E-state index in [1.54, 1.807) is 0 Å². The molecule has 0 aliphatic heterocycles. The topological polar surface area (TPSA) is 83.1 Å². The van der Waals surface area contributed by atoms with Gasteiger partial charge >= 0.3 is 12.1 Å². The van der Waals surface area contributed by atoms with Crippen molar-refractivity contribution in [3.05, 3.63) is 0 Å². The van der Waals surface area contributed by atoms with Gasteiger partial charge in [-0.25, -0.2) is 4.79 Å². The number of carbonyl (C=O) groups is 2. The predicted octanol–water partition coefficient (Wildman–Crippen LogP) is 9.22. The minimum absolute atomic E-state index is 0.0442. The van der Waals surface area contributed by atoms with Crippen molar-refractivity contribution in [2.24, 2.45) is 62.6 Å².